The molecule has 4 atom stereocenters. The van der Waals surface area contributed by atoms with E-state index in [1.54, 1.807) is 0 Å². The molecule has 1 amide bonds. The van der Waals surface area contributed by atoms with E-state index in [0.717, 1.165) is 13.2 Å². The van der Waals surface area contributed by atoms with E-state index >= 15 is 0 Å². The molecule has 2 saturated heterocycles. The van der Waals surface area contributed by atoms with Crippen LogP contribution in [0.3, 0.4) is 0 Å². The maximum Gasteiger partial charge on any atom is 0.410 e. The first-order chi connectivity index (χ1) is 9.73. The Morgan fingerprint density at radius 2 is 2.05 bits per heavy atom. The Hall–Kier alpha value is -1.55. The smallest absolute Gasteiger partial charge is 0.410 e. The largest absolute Gasteiger partial charge is 0.450 e. The van der Waals surface area contributed by atoms with Crippen molar-refractivity contribution in [3.63, 3.8) is 0 Å². The van der Waals surface area contributed by atoms with E-state index in [-0.39, 0.29) is 23.0 Å². The van der Waals surface area contributed by atoms with Crippen molar-refractivity contribution in [3.8, 4) is 0 Å². The molecule has 0 saturated carbocycles. The number of hydrogen-bond acceptors (Lipinski definition) is 3. The highest BCUT2D eigenvalue weighted by Gasteiger charge is 2.67. The van der Waals surface area contributed by atoms with Crippen LogP contribution in [0.5, 0.6) is 0 Å². The van der Waals surface area contributed by atoms with Crippen LogP contribution in [0.2, 0.25) is 0 Å². The number of rotatable bonds is 1. The average Bonchev–Trinajstić information content (AvgIpc) is 2.90. The Kier molecular flexibility index (Phi) is 2.43. The monoisotopic (exact) mass is 273 g/mol. The molecule has 106 valence electrons. The molecule has 4 nitrogen and oxygen atoms in total. The summed E-state index contributed by atoms with van der Waals surface area (Å²) in [4.78, 5) is 14.1. The molecule has 2 aliphatic carbocycles. The number of fused-ring (bicyclic) bond motifs is 1. The number of amides is 1. The summed E-state index contributed by atoms with van der Waals surface area (Å²) >= 11 is 0. The first kappa shape index (κ1) is 12.2. The molecule has 0 spiro atoms. The van der Waals surface area contributed by atoms with Gasteiger partial charge in [-0.1, -0.05) is 36.5 Å². The van der Waals surface area contributed by atoms with E-state index in [4.69, 9.17) is 9.47 Å². The highest BCUT2D eigenvalue weighted by molar-refractivity contribution is 5.70. The van der Waals surface area contributed by atoms with Crippen LogP contribution in [0.25, 0.3) is 0 Å². The van der Waals surface area contributed by atoms with Crippen molar-refractivity contribution >= 4 is 6.09 Å². The molecule has 5 rings (SSSR count). The van der Waals surface area contributed by atoms with Crippen molar-refractivity contribution in [1.29, 1.82) is 0 Å². The number of nitrogens with zero attached hydrogens (tertiary/aromatic N) is 1. The summed E-state index contributed by atoms with van der Waals surface area (Å²) in [6.45, 7) is 4.41. The van der Waals surface area contributed by atoms with Gasteiger partial charge in [0.25, 0.3) is 0 Å². The predicted octanol–water partition coefficient (Wildman–Crippen LogP) is 2.14. The zero-order valence-electron chi connectivity index (χ0n) is 11.6. The second kappa shape index (κ2) is 3.98. The fourth-order valence-electron chi connectivity index (χ4n) is 4.46. The Balaban J connectivity index is 1.79. The summed E-state index contributed by atoms with van der Waals surface area (Å²) in [6, 6.07) is 0.0373. The number of piperidine rings is 1. The summed E-state index contributed by atoms with van der Waals surface area (Å²) in [5.74, 6) is 0.306. The second-order valence-electron chi connectivity index (χ2n) is 6.08. The van der Waals surface area contributed by atoms with Gasteiger partial charge < -0.3 is 14.4 Å². The number of hydrogen-bond donors (Lipinski definition) is 0. The third-order valence-corrected chi connectivity index (χ3v) is 5.39. The average molecular weight is 273 g/mol. The second-order valence-corrected chi connectivity index (χ2v) is 6.08. The minimum atomic E-state index is -0.204. The standard InChI is InChI=1S/C16H19NO3/c1-2-20-14(18)17-9-12-5-6-13(17)16-8-4-3-7-15(12,16)10-19-11-16/h3-8,12-13H,2,9-11H2,1H3/t12?,13-,15?,16+/m0/s1. The van der Waals surface area contributed by atoms with Crippen molar-refractivity contribution in [3.05, 3.63) is 36.5 Å². The van der Waals surface area contributed by atoms with Gasteiger partial charge in [0, 0.05) is 23.3 Å². The number of carbonyl (C=O) groups excluding carboxylic acids is 1. The zero-order chi connectivity index (χ0) is 13.8. The number of allylic oxidation sites excluding steroid dienone is 2. The van der Waals surface area contributed by atoms with E-state index < -0.39 is 0 Å². The SMILES string of the molecule is CCOC(=O)N1CC2C=C[C@H]1[C@]13C=CC=CC21COC3. The fourth-order valence-corrected chi connectivity index (χ4v) is 4.46. The Bertz CT molecular complexity index is 538. The summed E-state index contributed by atoms with van der Waals surface area (Å²) in [5.41, 5.74) is -0.101. The molecule has 0 N–H and O–H groups in total. The lowest BCUT2D eigenvalue weighted by Crippen LogP contribution is -2.67. The van der Waals surface area contributed by atoms with Gasteiger partial charge in [-0.25, -0.2) is 4.79 Å². The van der Waals surface area contributed by atoms with E-state index in [0.29, 0.717) is 19.1 Å². The minimum absolute atomic E-state index is 0.0180. The third kappa shape index (κ3) is 1.23. The van der Waals surface area contributed by atoms with Gasteiger partial charge in [0.15, 0.2) is 0 Å². The Morgan fingerprint density at radius 3 is 2.85 bits per heavy atom. The molecule has 3 heterocycles. The van der Waals surface area contributed by atoms with Crippen LogP contribution >= 0.6 is 0 Å². The molecule has 4 heteroatoms. The normalized spacial score (nSPS) is 43.5. The molecule has 0 aromatic heterocycles. The summed E-state index contributed by atoms with van der Waals surface area (Å²) in [6.07, 6.45) is 13.0. The van der Waals surface area contributed by atoms with Crippen LogP contribution in [-0.4, -0.2) is 43.4 Å². The molecular weight excluding hydrogens is 254 g/mol. The molecule has 3 aliphatic heterocycles. The van der Waals surface area contributed by atoms with Gasteiger partial charge in [-0.05, 0) is 6.92 Å². The lowest BCUT2D eigenvalue weighted by molar-refractivity contribution is -0.0305. The van der Waals surface area contributed by atoms with Crippen LogP contribution in [0.4, 0.5) is 4.79 Å². The summed E-state index contributed by atoms with van der Waals surface area (Å²) in [5, 5.41) is 0. The molecule has 0 radical (unpaired) electrons. The summed E-state index contributed by atoms with van der Waals surface area (Å²) in [7, 11) is 0. The van der Waals surface area contributed by atoms with Crippen molar-refractivity contribution in [2.45, 2.75) is 13.0 Å². The molecule has 2 unspecified atom stereocenters. The number of carbonyl (C=O) groups is 1. The summed E-state index contributed by atoms with van der Waals surface area (Å²) < 4.78 is 11.1. The van der Waals surface area contributed by atoms with Crippen molar-refractivity contribution in [1.82, 2.24) is 4.90 Å². The lowest BCUT2D eigenvalue weighted by Gasteiger charge is -2.60. The Labute approximate surface area is 118 Å². The zero-order valence-corrected chi connectivity index (χ0v) is 11.6. The maximum atomic E-state index is 12.2. The van der Waals surface area contributed by atoms with Gasteiger partial charge in [-0.3, -0.25) is 0 Å². The van der Waals surface area contributed by atoms with Crippen LogP contribution in [0, 0.1) is 16.7 Å². The van der Waals surface area contributed by atoms with Gasteiger partial charge in [-0.2, -0.15) is 0 Å². The molecule has 20 heavy (non-hydrogen) atoms. The number of ether oxygens (including phenoxy) is 2. The Morgan fingerprint density at radius 1 is 1.30 bits per heavy atom. The molecular formula is C16H19NO3. The highest BCUT2D eigenvalue weighted by Crippen LogP contribution is 2.62. The quantitative estimate of drug-likeness (QED) is 0.687. The van der Waals surface area contributed by atoms with E-state index in [1.807, 2.05) is 11.8 Å². The minimum Gasteiger partial charge on any atom is -0.450 e. The van der Waals surface area contributed by atoms with E-state index in [1.165, 1.54) is 0 Å². The van der Waals surface area contributed by atoms with Crippen molar-refractivity contribution < 1.29 is 14.3 Å². The van der Waals surface area contributed by atoms with Crippen LogP contribution in [0.1, 0.15) is 6.92 Å². The highest BCUT2D eigenvalue weighted by atomic mass is 16.6. The van der Waals surface area contributed by atoms with Crippen LogP contribution < -0.4 is 0 Å². The predicted molar refractivity (Wildman–Crippen MR) is 74.1 cm³/mol. The fraction of sp³-hybridized carbons (Fsp3) is 0.562. The van der Waals surface area contributed by atoms with Gasteiger partial charge >= 0.3 is 6.09 Å². The van der Waals surface area contributed by atoms with Gasteiger partial charge in [0.2, 0.25) is 0 Å². The molecule has 2 fully saturated rings. The van der Waals surface area contributed by atoms with E-state index in [9.17, 15) is 4.79 Å². The van der Waals surface area contributed by atoms with Crippen molar-refractivity contribution in [2.75, 3.05) is 26.4 Å². The first-order valence-corrected chi connectivity index (χ1v) is 7.30. The van der Waals surface area contributed by atoms with E-state index in [2.05, 4.69) is 36.5 Å². The lowest BCUT2D eigenvalue weighted by atomic mass is 9.49. The molecule has 0 aromatic carbocycles. The molecule has 5 aliphatic rings. The first-order valence-electron chi connectivity index (χ1n) is 7.30. The molecule has 2 bridgehead atoms. The van der Waals surface area contributed by atoms with Gasteiger partial charge in [-0.15, -0.1) is 0 Å². The van der Waals surface area contributed by atoms with Crippen molar-refractivity contribution in [2.24, 2.45) is 16.7 Å². The topological polar surface area (TPSA) is 38.8 Å². The maximum absolute atomic E-state index is 12.2. The molecule has 0 aromatic rings. The third-order valence-electron chi connectivity index (χ3n) is 5.39. The van der Waals surface area contributed by atoms with Gasteiger partial charge in [0.05, 0.1) is 25.9 Å². The van der Waals surface area contributed by atoms with Crippen LogP contribution in [-0.2, 0) is 9.47 Å². The van der Waals surface area contributed by atoms with Gasteiger partial charge in [0.1, 0.15) is 0 Å². The van der Waals surface area contributed by atoms with Crippen LogP contribution in [0.15, 0.2) is 36.5 Å².